The molecule has 1 aliphatic rings. The molecular formula is C25H22N4O5. The standard InChI is InChI=1S/C25H22N4O5/c1-15(30)18-5-2-16(3-6-18)11-26-24(32)21-10-22(29-14-28-21)25(33)27-12-17-4-7-23-19(8-17)9-20(31)13-34-23/h2-8,10,14H,9,11-13H2,1H3,(H,26,32)(H,27,33)/i12D2. The molecule has 2 aromatic carbocycles. The van der Waals surface area contributed by atoms with Crippen LogP contribution in [0.15, 0.2) is 54.9 Å². The molecule has 0 spiro atoms. The number of ether oxygens (including phenoxy) is 1. The lowest BCUT2D eigenvalue weighted by atomic mass is 10.0. The van der Waals surface area contributed by atoms with E-state index in [9.17, 15) is 19.2 Å². The Morgan fingerprint density at radius 3 is 2.35 bits per heavy atom. The van der Waals surface area contributed by atoms with Crippen LogP contribution in [0.5, 0.6) is 5.75 Å². The van der Waals surface area contributed by atoms with Crippen molar-refractivity contribution < 1.29 is 26.7 Å². The Kier molecular flexibility index (Phi) is 5.97. The summed E-state index contributed by atoms with van der Waals surface area (Å²) in [5.41, 5.74) is 1.75. The molecule has 4 rings (SSSR count). The van der Waals surface area contributed by atoms with Gasteiger partial charge < -0.3 is 15.4 Å². The van der Waals surface area contributed by atoms with Crippen LogP contribution in [-0.2, 0) is 24.3 Å². The summed E-state index contributed by atoms with van der Waals surface area (Å²) in [6, 6.07) is 12.4. The number of amides is 2. The van der Waals surface area contributed by atoms with Gasteiger partial charge in [0.15, 0.2) is 11.6 Å². The maximum Gasteiger partial charge on any atom is 0.270 e. The van der Waals surface area contributed by atoms with Crippen molar-refractivity contribution in [2.45, 2.75) is 26.4 Å². The molecule has 172 valence electrons. The molecule has 0 aliphatic carbocycles. The molecule has 9 heteroatoms. The molecule has 0 atom stereocenters. The van der Waals surface area contributed by atoms with E-state index in [1.165, 1.54) is 25.1 Å². The van der Waals surface area contributed by atoms with Crippen LogP contribution in [0.2, 0.25) is 0 Å². The first kappa shape index (κ1) is 20.2. The lowest BCUT2D eigenvalue weighted by Gasteiger charge is -2.17. The molecule has 0 unspecified atom stereocenters. The number of Topliss-reactive ketones (excluding diaryl/α,β-unsaturated/α-hetero) is 2. The second kappa shape index (κ2) is 10.0. The number of ketones is 2. The van der Waals surface area contributed by atoms with Crippen LogP contribution in [0.1, 0.15) is 57.7 Å². The molecule has 9 nitrogen and oxygen atoms in total. The van der Waals surface area contributed by atoms with Crippen molar-refractivity contribution in [2.75, 3.05) is 6.61 Å². The van der Waals surface area contributed by atoms with Gasteiger partial charge in [0, 0.05) is 36.7 Å². The quantitative estimate of drug-likeness (QED) is 0.517. The zero-order valence-corrected chi connectivity index (χ0v) is 18.3. The van der Waals surface area contributed by atoms with Gasteiger partial charge in [0.1, 0.15) is 30.1 Å². The highest BCUT2D eigenvalue weighted by atomic mass is 16.5. The van der Waals surface area contributed by atoms with Gasteiger partial charge in [-0.3, -0.25) is 19.2 Å². The highest BCUT2D eigenvalue weighted by Gasteiger charge is 2.18. The minimum Gasteiger partial charge on any atom is -0.486 e. The summed E-state index contributed by atoms with van der Waals surface area (Å²) in [6.07, 6.45) is 1.17. The summed E-state index contributed by atoms with van der Waals surface area (Å²) in [7, 11) is 0. The van der Waals surface area contributed by atoms with Gasteiger partial charge in [-0.05, 0) is 30.2 Å². The molecule has 3 aromatic rings. The number of rotatable bonds is 7. The average molecular weight is 460 g/mol. The van der Waals surface area contributed by atoms with Crippen molar-refractivity contribution in [3.63, 3.8) is 0 Å². The molecule has 0 fully saturated rings. The van der Waals surface area contributed by atoms with Crippen LogP contribution >= 0.6 is 0 Å². The van der Waals surface area contributed by atoms with Crippen LogP contribution in [0.3, 0.4) is 0 Å². The van der Waals surface area contributed by atoms with E-state index in [1.807, 2.05) is 0 Å². The number of nitrogens with zero attached hydrogens (tertiary/aromatic N) is 2. The normalized spacial score (nSPS) is 13.6. The molecule has 34 heavy (non-hydrogen) atoms. The zero-order valence-electron chi connectivity index (χ0n) is 20.3. The highest BCUT2D eigenvalue weighted by molar-refractivity contribution is 5.97. The fourth-order valence-electron chi connectivity index (χ4n) is 3.29. The van der Waals surface area contributed by atoms with Gasteiger partial charge in [-0.2, -0.15) is 0 Å². The molecule has 1 aliphatic heterocycles. The first-order chi connectivity index (χ1) is 17.1. The molecule has 0 radical (unpaired) electrons. The van der Waals surface area contributed by atoms with E-state index in [0.29, 0.717) is 16.9 Å². The van der Waals surface area contributed by atoms with Gasteiger partial charge in [0.05, 0.1) is 2.74 Å². The monoisotopic (exact) mass is 460 g/mol. The molecule has 2 amide bonds. The Morgan fingerprint density at radius 1 is 0.971 bits per heavy atom. The Bertz CT molecular complexity index is 1360. The van der Waals surface area contributed by atoms with Gasteiger partial charge >= 0.3 is 0 Å². The second-order valence-corrected chi connectivity index (χ2v) is 7.63. The Hall–Kier alpha value is -4.40. The number of nitrogens with one attached hydrogen (secondary N) is 2. The van der Waals surface area contributed by atoms with Crippen molar-refractivity contribution in [2.24, 2.45) is 0 Å². The molecular weight excluding hydrogens is 436 g/mol. The van der Waals surface area contributed by atoms with Gasteiger partial charge in [0.2, 0.25) is 0 Å². The third-order valence-electron chi connectivity index (χ3n) is 5.10. The van der Waals surface area contributed by atoms with E-state index in [0.717, 1.165) is 11.9 Å². The van der Waals surface area contributed by atoms with Crippen molar-refractivity contribution in [1.29, 1.82) is 0 Å². The van der Waals surface area contributed by atoms with E-state index >= 15 is 0 Å². The van der Waals surface area contributed by atoms with Crippen LogP contribution in [0.4, 0.5) is 0 Å². The van der Waals surface area contributed by atoms with Crippen LogP contribution in [0, 0.1) is 0 Å². The van der Waals surface area contributed by atoms with Gasteiger partial charge in [-0.1, -0.05) is 30.3 Å². The molecule has 0 bridgehead atoms. The van der Waals surface area contributed by atoms with E-state index in [-0.39, 0.29) is 48.1 Å². The zero-order chi connectivity index (χ0) is 25.9. The minimum absolute atomic E-state index is 0.0221. The third kappa shape index (κ3) is 5.50. The molecule has 0 saturated carbocycles. The van der Waals surface area contributed by atoms with Crippen LogP contribution < -0.4 is 15.4 Å². The Balaban J connectivity index is 1.42. The fourth-order valence-corrected chi connectivity index (χ4v) is 3.29. The molecule has 1 aromatic heterocycles. The van der Waals surface area contributed by atoms with Crippen molar-refractivity contribution in [1.82, 2.24) is 20.6 Å². The fraction of sp³-hybridized carbons (Fsp3) is 0.200. The van der Waals surface area contributed by atoms with E-state index in [1.54, 1.807) is 30.3 Å². The van der Waals surface area contributed by atoms with Gasteiger partial charge in [0.25, 0.3) is 11.8 Å². The van der Waals surface area contributed by atoms with E-state index in [2.05, 4.69) is 20.6 Å². The summed E-state index contributed by atoms with van der Waals surface area (Å²) < 4.78 is 22.0. The average Bonchev–Trinajstić information content (AvgIpc) is 2.86. The van der Waals surface area contributed by atoms with Crippen LogP contribution in [0.25, 0.3) is 0 Å². The number of carbonyl (C=O) groups is 4. The number of hydrogen-bond donors (Lipinski definition) is 2. The van der Waals surface area contributed by atoms with Crippen molar-refractivity contribution in [3.05, 3.63) is 88.5 Å². The number of carbonyl (C=O) groups excluding carboxylic acids is 4. The first-order valence-corrected chi connectivity index (χ1v) is 10.4. The van der Waals surface area contributed by atoms with Crippen LogP contribution in [-0.4, -0.2) is 40.0 Å². The Labute approximate surface area is 198 Å². The summed E-state index contributed by atoms with van der Waals surface area (Å²) in [4.78, 5) is 56.1. The number of hydrogen-bond acceptors (Lipinski definition) is 7. The number of fused-ring (bicyclic) bond motifs is 1. The summed E-state index contributed by atoms with van der Waals surface area (Å²) in [5.74, 6) is -1.07. The van der Waals surface area contributed by atoms with Crippen molar-refractivity contribution in [3.8, 4) is 5.75 Å². The van der Waals surface area contributed by atoms with Gasteiger partial charge in [-0.15, -0.1) is 0 Å². The molecule has 2 N–H and O–H groups in total. The second-order valence-electron chi connectivity index (χ2n) is 7.63. The minimum atomic E-state index is -2.29. The third-order valence-corrected chi connectivity index (χ3v) is 5.10. The summed E-state index contributed by atoms with van der Waals surface area (Å²) in [5, 5.41) is 4.94. The molecule has 0 saturated heterocycles. The topological polar surface area (TPSA) is 127 Å². The molecule has 2 heterocycles. The lowest BCUT2D eigenvalue weighted by molar-refractivity contribution is -0.121. The highest BCUT2D eigenvalue weighted by Crippen LogP contribution is 2.24. The number of aromatic nitrogens is 2. The van der Waals surface area contributed by atoms with E-state index in [4.69, 9.17) is 7.48 Å². The summed E-state index contributed by atoms with van der Waals surface area (Å²) in [6.45, 7) is -0.664. The van der Waals surface area contributed by atoms with E-state index < -0.39 is 18.3 Å². The predicted molar refractivity (Wildman–Crippen MR) is 121 cm³/mol. The first-order valence-electron chi connectivity index (χ1n) is 11.4. The predicted octanol–water partition coefficient (Wildman–Crippen LogP) is 2.04. The van der Waals surface area contributed by atoms with Gasteiger partial charge in [-0.25, -0.2) is 9.97 Å². The maximum atomic E-state index is 12.7. The SMILES string of the molecule is [2H]C([2H])(NC(=O)c1cc(C(=O)NCc2ccc(C(C)=O)cc2)ncn1)c1ccc2c(c1)CC(=O)CO2. The summed E-state index contributed by atoms with van der Waals surface area (Å²) >= 11 is 0. The smallest absolute Gasteiger partial charge is 0.270 e. The Morgan fingerprint density at radius 2 is 1.65 bits per heavy atom. The maximum absolute atomic E-state index is 12.7. The largest absolute Gasteiger partial charge is 0.486 e. The lowest BCUT2D eigenvalue weighted by Crippen LogP contribution is -2.27. The van der Waals surface area contributed by atoms with Crippen molar-refractivity contribution >= 4 is 23.4 Å². The number of benzene rings is 2.